The number of fused-ring (bicyclic) bond motifs is 1. The Morgan fingerprint density at radius 3 is 2.71 bits per heavy atom. The SMILES string of the molecule is CCCNC(=O)Cn1c(CCCl)nc2cc(Cl)c(Cl)cc21. The maximum Gasteiger partial charge on any atom is 0.240 e. The molecular formula is C14H16Cl3N3O. The first kappa shape index (κ1) is 16.4. The number of benzene rings is 1. The summed E-state index contributed by atoms with van der Waals surface area (Å²) in [4.78, 5) is 16.5. The number of imidazole rings is 1. The van der Waals surface area contributed by atoms with Crippen molar-refractivity contribution in [1.29, 1.82) is 0 Å². The Labute approximate surface area is 138 Å². The van der Waals surface area contributed by atoms with Gasteiger partial charge in [-0.2, -0.15) is 0 Å². The first-order chi connectivity index (χ1) is 10.1. The Bertz CT molecular complexity index is 654. The van der Waals surface area contributed by atoms with E-state index in [4.69, 9.17) is 34.8 Å². The van der Waals surface area contributed by atoms with Gasteiger partial charge in [0, 0.05) is 18.8 Å². The number of hydrogen-bond donors (Lipinski definition) is 1. The summed E-state index contributed by atoms with van der Waals surface area (Å²) in [6, 6.07) is 3.44. The molecule has 0 radical (unpaired) electrons. The van der Waals surface area contributed by atoms with Gasteiger partial charge in [0.2, 0.25) is 5.91 Å². The number of carbonyl (C=O) groups is 1. The van der Waals surface area contributed by atoms with Crippen molar-refractivity contribution in [1.82, 2.24) is 14.9 Å². The molecule has 0 aliphatic heterocycles. The van der Waals surface area contributed by atoms with Gasteiger partial charge >= 0.3 is 0 Å². The molecule has 0 atom stereocenters. The van der Waals surface area contributed by atoms with E-state index < -0.39 is 0 Å². The highest BCUT2D eigenvalue weighted by molar-refractivity contribution is 6.42. The molecule has 0 spiro atoms. The molecule has 1 aromatic heterocycles. The van der Waals surface area contributed by atoms with Gasteiger partial charge in [-0.05, 0) is 18.6 Å². The van der Waals surface area contributed by atoms with E-state index in [1.165, 1.54) is 0 Å². The van der Waals surface area contributed by atoms with E-state index in [0.29, 0.717) is 34.4 Å². The Balaban J connectivity index is 2.40. The van der Waals surface area contributed by atoms with Crippen LogP contribution in [0.4, 0.5) is 0 Å². The van der Waals surface area contributed by atoms with E-state index in [1.807, 2.05) is 11.5 Å². The molecule has 0 aliphatic carbocycles. The van der Waals surface area contributed by atoms with Crippen molar-refractivity contribution in [2.75, 3.05) is 12.4 Å². The van der Waals surface area contributed by atoms with Crippen molar-refractivity contribution in [3.63, 3.8) is 0 Å². The summed E-state index contributed by atoms with van der Waals surface area (Å²) < 4.78 is 1.84. The van der Waals surface area contributed by atoms with Crippen molar-refractivity contribution in [3.05, 3.63) is 28.0 Å². The van der Waals surface area contributed by atoms with Crippen molar-refractivity contribution in [2.45, 2.75) is 26.3 Å². The molecule has 1 aromatic carbocycles. The fourth-order valence-corrected chi connectivity index (χ4v) is 2.57. The van der Waals surface area contributed by atoms with Gasteiger partial charge in [-0.3, -0.25) is 4.79 Å². The second-order valence-corrected chi connectivity index (χ2v) is 5.85. The Kier molecular flexibility index (Phi) is 5.73. The van der Waals surface area contributed by atoms with Gasteiger partial charge in [-0.15, -0.1) is 11.6 Å². The minimum Gasteiger partial charge on any atom is -0.355 e. The zero-order chi connectivity index (χ0) is 15.4. The molecular weight excluding hydrogens is 333 g/mol. The third kappa shape index (κ3) is 3.82. The van der Waals surface area contributed by atoms with Gasteiger partial charge in [-0.1, -0.05) is 30.1 Å². The molecule has 21 heavy (non-hydrogen) atoms. The van der Waals surface area contributed by atoms with Crippen LogP contribution in [0.25, 0.3) is 11.0 Å². The van der Waals surface area contributed by atoms with Crippen LogP contribution in [-0.4, -0.2) is 27.9 Å². The molecule has 0 saturated heterocycles. The van der Waals surface area contributed by atoms with E-state index in [2.05, 4.69) is 10.3 Å². The molecule has 1 N–H and O–H groups in total. The summed E-state index contributed by atoms with van der Waals surface area (Å²) in [6.07, 6.45) is 1.47. The molecule has 2 rings (SSSR count). The van der Waals surface area contributed by atoms with Crippen LogP contribution in [-0.2, 0) is 17.8 Å². The molecule has 1 amide bonds. The lowest BCUT2D eigenvalue weighted by atomic mass is 10.3. The summed E-state index contributed by atoms with van der Waals surface area (Å²) in [5.41, 5.74) is 1.50. The lowest BCUT2D eigenvalue weighted by Gasteiger charge is -2.09. The maximum absolute atomic E-state index is 12.0. The van der Waals surface area contributed by atoms with Crippen LogP contribution in [0.1, 0.15) is 19.2 Å². The number of alkyl halides is 1. The molecule has 2 aromatic rings. The minimum absolute atomic E-state index is 0.0574. The number of nitrogens with zero attached hydrogens (tertiary/aromatic N) is 2. The molecule has 0 saturated carbocycles. The second kappa shape index (κ2) is 7.34. The van der Waals surface area contributed by atoms with E-state index in [0.717, 1.165) is 17.8 Å². The highest BCUT2D eigenvalue weighted by Crippen LogP contribution is 2.28. The fourth-order valence-electron chi connectivity index (χ4n) is 2.09. The molecule has 7 heteroatoms. The van der Waals surface area contributed by atoms with Crippen LogP contribution in [0, 0.1) is 0 Å². The Hall–Kier alpha value is -0.970. The van der Waals surface area contributed by atoms with Crippen molar-refractivity contribution >= 4 is 51.7 Å². The molecule has 114 valence electrons. The first-order valence-corrected chi connectivity index (χ1v) is 8.02. The number of aryl methyl sites for hydroxylation is 1. The Morgan fingerprint density at radius 2 is 2.05 bits per heavy atom. The first-order valence-electron chi connectivity index (χ1n) is 6.73. The molecule has 0 fully saturated rings. The average molecular weight is 349 g/mol. The Morgan fingerprint density at radius 1 is 1.33 bits per heavy atom. The summed E-state index contributed by atoms with van der Waals surface area (Å²) in [6.45, 7) is 2.86. The van der Waals surface area contributed by atoms with Crippen LogP contribution >= 0.6 is 34.8 Å². The molecule has 0 unspecified atom stereocenters. The van der Waals surface area contributed by atoms with Gasteiger partial charge in [0.15, 0.2) is 0 Å². The number of rotatable bonds is 6. The molecule has 1 heterocycles. The van der Waals surface area contributed by atoms with Crippen molar-refractivity contribution in [3.8, 4) is 0 Å². The average Bonchev–Trinajstić information content (AvgIpc) is 2.75. The van der Waals surface area contributed by atoms with Crippen LogP contribution in [0.15, 0.2) is 12.1 Å². The lowest BCUT2D eigenvalue weighted by Crippen LogP contribution is -2.28. The third-order valence-corrected chi connectivity index (χ3v) is 3.97. The van der Waals surface area contributed by atoms with Gasteiger partial charge in [0.25, 0.3) is 0 Å². The molecule has 0 aliphatic rings. The smallest absolute Gasteiger partial charge is 0.240 e. The van der Waals surface area contributed by atoms with E-state index >= 15 is 0 Å². The molecule has 0 bridgehead atoms. The number of aromatic nitrogens is 2. The highest BCUT2D eigenvalue weighted by Gasteiger charge is 2.15. The van der Waals surface area contributed by atoms with Gasteiger partial charge in [-0.25, -0.2) is 4.98 Å². The van der Waals surface area contributed by atoms with Crippen molar-refractivity contribution in [2.24, 2.45) is 0 Å². The maximum atomic E-state index is 12.0. The van der Waals surface area contributed by atoms with Crippen LogP contribution in [0.5, 0.6) is 0 Å². The summed E-state index contributed by atoms with van der Waals surface area (Å²) >= 11 is 17.9. The standard InChI is InChI=1S/C14H16Cl3N3O/c1-2-5-18-14(21)8-20-12-7-10(17)9(16)6-11(12)19-13(20)3-4-15/h6-7H,2-5,8H2,1H3,(H,18,21). The van der Waals surface area contributed by atoms with Crippen molar-refractivity contribution < 1.29 is 4.79 Å². The van der Waals surface area contributed by atoms with Gasteiger partial charge < -0.3 is 9.88 Å². The summed E-state index contributed by atoms with van der Waals surface area (Å²) in [5, 5.41) is 3.74. The summed E-state index contributed by atoms with van der Waals surface area (Å²) in [5.74, 6) is 1.13. The number of halogens is 3. The van der Waals surface area contributed by atoms with Gasteiger partial charge in [0.05, 0.1) is 21.1 Å². The second-order valence-electron chi connectivity index (χ2n) is 4.66. The fraction of sp³-hybridized carbons (Fsp3) is 0.429. The summed E-state index contributed by atoms with van der Waals surface area (Å²) in [7, 11) is 0. The largest absolute Gasteiger partial charge is 0.355 e. The zero-order valence-corrected chi connectivity index (χ0v) is 13.9. The topological polar surface area (TPSA) is 46.9 Å². The number of carbonyl (C=O) groups excluding carboxylic acids is 1. The third-order valence-electron chi connectivity index (χ3n) is 3.06. The van der Waals surface area contributed by atoms with Gasteiger partial charge in [0.1, 0.15) is 12.4 Å². The molecule has 4 nitrogen and oxygen atoms in total. The minimum atomic E-state index is -0.0574. The predicted octanol–water partition coefficient (Wildman–Crippen LogP) is 3.65. The number of amides is 1. The monoisotopic (exact) mass is 347 g/mol. The number of hydrogen-bond acceptors (Lipinski definition) is 2. The lowest BCUT2D eigenvalue weighted by molar-refractivity contribution is -0.121. The van der Waals surface area contributed by atoms with E-state index in [-0.39, 0.29) is 12.5 Å². The van der Waals surface area contributed by atoms with E-state index in [1.54, 1.807) is 12.1 Å². The predicted molar refractivity (Wildman–Crippen MR) is 87.5 cm³/mol. The van der Waals surface area contributed by atoms with Crippen LogP contribution < -0.4 is 5.32 Å². The quantitative estimate of drug-likeness (QED) is 0.810. The van der Waals surface area contributed by atoms with E-state index in [9.17, 15) is 4.79 Å². The highest BCUT2D eigenvalue weighted by atomic mass is 35.5. The van der Waals surface area contributed by atoms with Crippen LogP contribution in [0.3, 0.4) is 0 Å². The zero-order valence-electron chi connectivity index (χ0n) is 11.6. The normalized spacial score (nSPS) is 11.0. The number of nitrogens with one attached hydrogen (secondary N) is 1. The van der Waals surface area contributed by atoms with Crippen LogP contribution in [0.2, 0.25) is 10.0 Å².